The molecule has 0 aliphatic heterocycles. The molecule has 1 aliphatic rings. The molecule has 0 radical (unpaired) electrons. The number of ether oxygens (including phenoxy) is 1. The monoisotopic (exact) mass is 375 g/mol. The third-order valence-corrected chi connectivity index (χ3v) is 5.46. The van der Waals surface area contributed by atoms with Gasteiger partial charge in [-0.15, -0.1) is 11.3 Å². The van der Waals surface area contributed by atoms with Crippen LogP contribution in [0.25, 0.3) is 0 Å². The molecule has 4 rings (SSSR count). The van der Waals surface area contributed by atoms with Gasteiger partial charge in [-0.2, -0.15) is 5.26 Å². The van der Waals surface area contributed by atoms with Gasteiger partial charge in [-0.05, 0) is 49.2 Å². The van der Waals surface area contributed by atoms with Crippen LogP contribution in [0, 0.1) is 17.2 Å². The molecule has 2 aromatic carbocycles. The summed E-state index contributed by atoms with van der Waals surface area (Å²) in [6.07, 6.45) is 1.81. The van der Waals surface area contributed by atoms with E-state index in [1.165, 1.54) is 11.3 Å². The number of carbonyl (C=O) groups is 1. The molecule has 0 saturated heterocycles. The molecule has 0 spiro atoms. The van der Waals surface area contributed by atoms with Gasteiger partial charge in [0.2, 0.25) is 0 Å². The third kappa shape index (κ3) is 3.64. The van der Waals surface area contributed by atoms with E-state index in [-0.39, 0.29) is 17.4 Å². The van der Waals surface area contributed by atoms with Crippen molar-refractivity contribution in [2.75, 3.05) is 11.1 Å². The average molecular weight is 375 g/mol. The summed E-state index contributed by atoms with van der Waals surface area (Å²) < 4.78 is 5.77. The van der Waals surface area contributed by atoms with Crippen LogP contribution in [0.5, 0.6) is 11.5 Å². The number of para-hydroxylation sites is 1. The summed E-state index contributed by atoms with van der Waals surface area (Å²) in [7, 11) is 0. The average Bonchev–Trinajstić information content (AvgIpc) is 3.49. The number of nitrogens with one attached hydrogen (secondary N) is 1. The van der Waals surface area contributed by atoms with Gasteiger partial charge < -0.3 is 15.8 Å². The van der Waals surface area contributed by atoms with Gasteiger partial charge in [0.05, 0.1) is 10.6 Å². The quantitative estimate of drug-likeness (QED) is 0.569. The fourth-order valence-electron chi connectivity index (χ4n) is 2.72. The summed E-state index contributed by atoms with van der Waals surface area (Å²) in [5.74, 6) is 1.59. The number of nitrogen functional groups attached to an aromatic ring is 1. The molecule has 0 unspecified atom stereocenters. The van der Waals surface area contributed by atoms with Gasteiger partial charge in [-0.3, -0.25) is 4.79 Å². The van der Waals surface area contributed by atoms with Crippen LogP contribution in [0.2, 0.25) is 0 Å². The highest BCUT2D eigenvalue weighted by Gasteiger charge is 2.34. The van der Waals surface area contributed by atoms with Crippen LogP contribution in [0.15, 0.2) is 54.6 Å². The molecule has 3 aromatic rings. The maximum atomic E-state index is 12.4. The van der Waals surface area contributed by atoms with Gasteiger partial charge in [-0.1, -0.05) is 18.2 Å². The van der Waals surface area contributed by atoms with Crippen LogP contribution in [0.1, 0.15) is 28.1 Å². The number of nitriles is 1. The standard InChI is InChI=1S/C21H17N3O2S/c22-12-17-18(23)20(19(25)13-6-7-13)27-21(17)24-14-8-10-16(11-9-14)26-15-4-2-1-3-5-15/h1-5,8-11,13,24H,6-7,23H2. The normalized spacial score (nSPS) is 13.0. The highest BCUT2D eigenvalue weighted by molar-refractivity contribution is 7.19. The molecule has 3 N–H and O–H groups in total. The van der Waals surface area contributed by atoms with Crippen molar-refractivity contribution in [2.24, 2.45) is 5.92 Å². The fraction of sp³-hybridized carbons (Fsp3) is 0.143. The molecule has 27 heavy (non-hydrogen) atoms. The molecule has 6 heteroatoms. The summed E-state index contributed by atoms with van der Waals surface area (Å²) in [5.41, 5.74) is 7.45. The summed E-state index contributed by atoms with van der Waals surface area (Å²) in [6, 6.07) is 19.0. The first kappa shape index (κ1) is 17.1. The van der Waals surface area contributed by atoms with Crippen molar-refractivity contribution >= 4 is 33.5 Å². The van der Waals surface area contributed by atoms with Crippen molar-refractivity contribution in [3.63, 3.8) is 0 Å². The van der Waals surface area contributed by atoms with Crippen LogP contribution in [-0.2, 0) is 0 Å². The molecule has 1 fully saturated rings. The first-order chi connectivity index (χ1) is 13.2. The smallest absolute Gasteiger partial charge is 0.178 e. The predicted octanol–water partition coefficient (Wildman–Crippen LogP) is 5.33. The van der Waals surface area contributed by atoms with E-state index in [0.29, 0.717) is 21.2 Å². The number of anilines is 3. The second kappa shape index (κ2) is 7.14. The minimum Gasteiger partial charge on any atom is -0.457 e. The Balaban J connectivity index is 1.53. The van der Waals surface area contributed by atoms with Crippen LogP contribution < -0.4 is 15.8 Å². The zero-order valence-corrected chi connectivity index (χ0v) is 15.3. The van der Waals surface area contributed by atoms with E-state index in [4.69, 9.17) is 10.5 Å². The topological polar surface area (TPSA) is 88.1 Å². The molecule has 1 heterocycles. The number of hydrogen-bond donors (Lipinski definition) is 2. The molecule has 134 valence electrons. The lowest BCUT2D eigenvalue weighted by atomic mass is 10.1. The summed E-state index contributed by atoms with van der Waals surface area (Å²) in [5, 5.41) is 13.2. The Morgan fingerprint density at radius 2 is 1.78 bits per heavy atom. The Kier molecular flexibility index (Phi) is 4.53. The molecular weight excluding hydrogens is 358 g/mol. The Labute approximate surface area is 161 Å². The third-order valence-electron chi connectivity index (χ3n) is 4.32. The predicted molar refractivity (Wildman–Crippen MR) is 107 cm³/mol. The Morgan fingerprint density at radius 3 is 2.41 bits per heavy atom. The number of hydrogen-bond acceptors (Lipinski definition) is 6. The number of carbonyl (C=O) groups excluding carboxylic acids is 1. The molecule has 1 saturated carbocycles. The zero-order chi connectivity index (χ0) is 18.8. The summed E-state index contributed by atoms with van der Waals surface area (Å²) in [4.78, 5) is 12.8. The van der Waals surface area contributed by atoms with Crippen molar-refractivity contribution in [1.29, 1.82) is 5.26 Å². The fourth-order valence-corrected chi connectivity index (χ4v) is 3.83. The number of thiophene rings is 1. The van der Waals surface area contributed by atoms with Crippen molar-refractivity contribution in [2.45, 2.75) is 12.8 Å². The lowest BCUT2D eigenvalue weighted by Crippen LogP contribution is -2.02. The second-order valence-electron chi connectivity index (χ2n) is 6.36. The van der Waals surface area contributed by atoms with Gasteiger partial charge in [0.1, 0.15) is 28.1 Å². The minimum absolute atomic E-state index is 0.0497. The number of Topliss-reactive ketones (excluding diaryl/α,β-unsaturated/α-hetero) is 1. The van der Waals surface area contributed by atoms with E-state index < -0.39 is 0 Å². The molecule has 0 bridgehead atoms. The van der Waals surface area contributed by atoms with Crippen LogP contribution in [-0.4, -0.2) is 5.78 Å². The van der Waals surface area contributed by atoms with E-state index in [0.717, 1.165) is 24.3 Å². The molecule has 1 aromatic heterocycles. The molecule has 0 amide bonds. The molecular formula is C21H17N3O2S. The molecule has 5 nitrogen and oxygen atoms in total. The first-order valence-electron chi connectivity index (χ1n) is 8.62. The molecule has 1 aliphatic carbocycles. The van der Waals surface area contributed by atoms with Crippen molar-refractivity contribution in [3.05, 3.63) is 65.0 Å². The van der Waals surface area contributed by atoms with Crippen LogP contribution in [0.4, 0.5) is 16.4 Å². The van der Waals surface area contributed by atoms with E-state index >= 15 is 0 Å². The molecule has 0 atom stereocenters. The van der Waals surface area contributed by atoms with E-state index in [2.05, 4.69) is 11.4 Å². The van der Waals surface area contributed by atoms with E-state index in [1.807, 2.05) is 54.6 Å². The maximum Gasteiger partial charge on any atom is 0.178 e. The first-order valence-corrected chi connectivity index (χ1v) is 9.44. The van der Waals surface area contributed by atoms with Gasteiger partial charge >= 0.3 is 0 Å². The van der Waals surface area contributed by atoms with Crippen LogP contribution in [0.3, 0.4) is 0 Å². The van der Waals surface area contributed by atoms with E-state index in [1.54, 1.807) is 0 Å². The lowest BCUT2D eigenvalue weighted by Gasteiger charge is -2.08. The number of rotatable bonds is 6. The number of nitrogens with two attached hydrogens (primary N) is 1. The van der Waals surface area contributed by atoms with Crippen LogP contribution >= 0.6 is 11.3 Å². The van der Waals surface area contributed by atoms with Gasteiger partial charge in [0.15, 0.2) is 5.78 Å². The second-order valence-corrected chi connectivity index (χ2v) is 7.38. The largest absolute Gasteiger partial charge is 0.457 e. The Morgan fingerprint density at radius 1 is 1.11 bits per heavy atom. The maximum absolute atomic E-state index is 12.4. The van der Waals surface area contributed by atoms with Gasteiger partial charge in [0, 0.05) is 11.6 Å². The van der Waals surface area contributed by atoms with E-state index in [9.17, 15) is 10.1 Å². The summed E-state index contributed by atoms with van der Waals surface area (Å²) in [6.45, 7) is 0. The van der Waals surface area contributed by atoms with Crippen molar-refractivity contribution in [1.82, 2.24) is 0 Å². The Hall–Kier alpha value is -3.30. The zero-order valence-electron chi connectivity index (χ0n) is 14.4. The number of nitrogens with zero attached hydrogens (tertiary/aromatic N) is 1. The minimum atomic E-state index is 0.0497. The lowest BCUT2D eigenvalue weighted by molar-refractivity contribution is 0.0972. The Bertz CT molecular complexity index is 1020. The highest BCUT2D eigenvalue weighted by atomic mass is 32.1. The van der Waals surface area contributed by atoms with Crippen molar-refractivity contribution in [3.8, 4) is 17.6 Å². The van der Waals surface area contributed by atoms with Gasteiger partial charge in [0.25, 0.3) is 0 Å². The highest BCUT2D eigenvalue weighted by Crippen LogP contribution is 2.42. The SMILES string of the molecule is N#Cc1c(Nc2ccc(Oc3ccccc3)cc2)sc(C(=O)C2CC2)c1N. The number of benzene rings is 2. The summed E-state index contributed by atoms with van der Waals surface area (Å²) >= 11 is 1.25. The van der Waals surface area contributed by atoms with Gasteiger partial charge in [-0.25, -0.2) is 0 Å². The number of ketones is 1. The van der Waals surface area contributed by atoms with Crippen molar-refractivity contribution < 1.29 is 9.53 Å².